The van der Waals surface area contributed by atoms with Crippen LogP contribution in [-0.2, 0) is 0 Å². The summed E-state index contributed by atoms with van der Waals surface area (Å²) in [6.45, 7) is 0. The molecule has 0 atom stereocenters. The van der Waals surface area contributed by atoms with Crippen LogP contribution in [0.25, 0.3) is 10.9 Å². The van der Waals surface area contributed by atoms with E-state index in [0.717, 1.165) is 0 Å². The van der Waals surface area contributed by atoms with Gasteiger partial charge in [0.2, 0.25) is 5.88 Å². The molecule has 8 nitrogen and oxygen atoms in total. The molecule has 2 N–H and O–H groups in total. The van der Waals surface area contributed by atoms with Gasteiger partial charge in [-0.2, -0.15) is 0 Å². The molecule has 1 amide bonds. The topological polar surface area (TPSA) is 94.6 Å². The van der Waals surface area contributed by atoms with Gasteiger partial charge in [0, 0.05) is 17.3 Å². The first-order valence-corrected chi connectivity index (χ1v) is 10.4. The van der Waals surface area contributed by atoms with Crippen LogP contribution in [0, 0.1) is 5.82 Å². The smallest absolute Gasteiger partial charge is 0.257 e. The highest BCUT2D eigenvalue weighted by atomic mass is 32.1. The van der Waals surface area contributed by atoms with E-state index in [1.807, 2.05) is 0 Å². The van der Waals surface area contributed by atoms with Crippen molar-refractivity contribution in [1.82, 2.24) is 15.3 Å². The predicted molar refractivity (Wildman–Crippen MR) is 129 cm³/mol. The van der Waals surface area contributed by atoms with Crippen LogP contribution in [0.1, 0.15) is 10.4 Å². The van der Waals surface area contributed by atoms with Crippen molar-refractivity contribution in [3.8, 4) is 23.1 Å². The van der Waals surface area contributed by atoms with E-state index in [-0.39, 0.29) is 5.11 Å². The zero-order valence-electron chi connectivity index (χ0n) is 18.2. The maximum Gasteiger partial charge on any atom is 0.257 e. The van der Waals surface area contributed by atoms with Gasteiger partial charge in [0.1, 0.15) is 17.9 Å². The first kappa shape index (κ1) is 22.9. The van der Waals surface area contributed by atoms with Crippen molar-refractivity contribution < 1.29 is 23.4 Å². The Morgan fingerprint density at radius 3 is 2.29 bits per heavy atom. The molecule has 0 unspecified atom stereocenters. The first-order chi connectivity index (χ1) is 16.5. The minimum atomic E-state index is -0.444. The fraction of sp³-hybridized carbons (Fsp3) is 0.0833. The summed E-state index contributed by atoms with van der Waals surface area (Å²) in [4.78, 5) is 20.7. The Bertz CT molecular complexity index is 1350. The summed E-state index contributed by atoms with van der Waals surface area (Å²) in [5, 5.41) is 6.23. The fourth-order valence-electron chi connectivity index (χ4n) is 3.10. The molecule has 4 aromatic rings. The van der Waals surface area contributed by atoms with Gasteiger partial charge in [-0.15, -0.1) is 0 Å². The summed E-state index contributed by atoms with van der Waals surface area (Å²) < 4.78 is 29.6. The Morgan fingerprint density at radius 2 is 1.62 bits per heavy atom. The predicted octanol–water partition coefficient (Wildman–Crippen LogP) is 4.71. The molecule has 4 rings (SSSR count). The molecule has 10 heteroatoms. The largest absolute Gasteiger partial charge is 0.493 e. The molecule has 1 aromatic heterocycles. The van der Waals surface area contributed by atoms with Crippen molar-refractivity contribution in [3.05, 3.63) is 78.4 Å². The summed E-state index contributed by atoms with van der Waals surface area (Å²) >= 11 is 5.19. The van der Waals surface area contributed by atoms with E-state index in [4.69, 9.17) is 26.4 Å². The average Bonchev–Trinajstić information content (AvgIpc) is 2.84. The minimum Gasteiger partial charge on any atom is -0.493 e. The molecule has 0 saturated carbocycles. The molecule has 3 aromatic carbocycles. The molecule has 0 aliphatic heterocycles. The number of halogens is 1. The normalized spacial score (nSPS) is 10.4. The van der Waals surface area contributed by atoms with Crippen LogP contribution in [-0.4, -0.2) is 35.2 Å². The van der Waals surface area contributed by atoms with Gasteiger partial charge in [0.25, 0.3) is 5.91 Å². The van der Waals surface area contributed by atoms with Crippen molar-refractivity contribution in [3.63, 3.8) is 0 Å². The molecule has 0 radical (unpaired) electrons. The Labute approximate surface area is 199 Å². The van der Waals surface area contributed by atoms with E-state index in [9.17, 15) is 9.18 Å². The fourth-order valence-corrected chi connectivity index (χ4v) is 3.31. The summed E-state index contributed by atoms with van der Waals surface area (Å²) in [5.74, 6) is 1.10. The molecule has 0 saturated heterocycles. The number of nitrogens with zero attached hydrogens (tertiary/aromatic N) is 2. The second kappa shape index (κ2) is 10.1. The van der Waals surface area contributed by atoms with E-state index >= 15 is 0 Å². The first-order valence-electron chi connectivity index (χ1n) is 9.99. The van der Waals surface area contributed by atoms with Crippen LogP contribution in [0.4, 0.5) is 10.1 Å². The molecule has 34 heavy (non-hydrogen) atoms. The Kier molecular flexibility index (Phi) is 6.79. The second-order valence-corrected chi connectivity index (χ2v) is 7.35. The van der Waals surface area contributed by atoms with Crippen molar-refractivity contribution >= 4 is 39.8 Å². The number of amides is 1. The lowest BCUT2D eigenvalue weighted by Crippen LogP contribution is -2.34. The maximum absolute atomic E-state index is 13.0. The van der Waals surface area contributed by atoms with Gasteiger partial charge >= 0.3 is 0 Å². The number of ether oxygens (including phenoxy) is 3. The molecule has 0 spiro atoms. The van der Waals surface area contributed by atoms with Gasteiger partial charge in [-0.25, -0.2) is 14.4 Å². The highest BCUT2D eigenvalue weighted by Gasteiger charge is 2.13. The summed E-state index contributed by atoms with van der Waals surface area (Å²) in [7, 11) is 3.10. The van der Waals surface area contributed by atoms with E-state index in [1.54, 1.807) is 50.6 Å². The van der Waals surface area contributed by atoms with Crippen LogP contribution in [0.5, 0.6) is 23.1 Å². The quantitative estimate of drug-likeness (QED) is 0.385. The molecular weight excluding hydrogens is 459 g/mol. The van der Waals surface area contributed by atoms with Crippen molar-refractivity contribution in [2.45, 2.75) is 0 Å². The third-order valence-corrected chi connectivity index (χ3v) is 4.97. The van der Waals surface area contributed by atoms with Crippen molar-refractivity contribution in [2.24, 2.45) is 0 Å². The van der Waals surface area contributed by atoms with Gasteiger partial charge in [0.05, 0.1) is 25.1 Å². The lowest BCUT2D eigenvalue weighted by molar-refractivity contribution is 0.0977. The number of hydrogen-bond donors (Lipinski definition) is 2. The molecule has 0 fully saturated rings. The number of benzene rings is 3. The van der Waals surface area contributed by atoms with Crippen molar-refractivity contribution in [2.75, 3.05) is 19.5 Å². The third-order valence-electron chi connectivity index (χ3n) is 4.76. The van der Waals surface area contributed by atoms with Gasteiger partial charge in [-0.1, -0.05) is 0 Å². The Morgan fingerprint density at radius 1 is 0.941 bits per heavy atom. The lowest BCUT2D eigenvalue weighted by atomic mass is 10.2. The number of carbonyl (C=O) groups is 1. The average molecular weight is 479 g/mol. The van der Waals surface area contributed by atoms with Crippen LogP contribution in [0.2, 0.25) is 0 Å². The molecule has 1 heterocycles. The van der Waals surface area contributed by atoms with E-state index in [2.05, 4.69) is 20.6 Å². The Hall–Kier alpha value is -4.31. The highest BCUT2D eigenvalue weighted by molar-refractivity contribution is 7.80. The van der Waals surface area contributed by atoms with Crippen LogP contribution >= 0.6 is 12.2 Å². The van der Waals surface area contributed by atoms with Crippen molar-refractivity contribution in [1.29, 1.82) is 0 Å². The van der Waals surface area contributed by atoms with E-state index in [1.165, 1.54) is 30.6 Å². The zero-order valence-corrected chi connectivity index (χ0v) is 19.0. The number of methoxy groups -OCH3 is 2. The standard InChI is InChI=1S/C24H19FN4O4S/c1-31-20-11-18-19(12-21(20)32-2)26-13-27-23(18)33-17-9-7-16(8-10-17)28-24(34)29-22(30)14-3-5-15(25)6-4-14/h3-13H,1-2H3,(H2,28,29,30,34). The van der Waals surface area contributed by atoms with E-state index in [0.29, 0.717) is 45.3 Å². The number of anilines is 1. The minimum absolute atomic E-state index is 0.103. The highest BCUT2D eigenvalue weighted by Crippen LogP contribution is 2.35. The molecule has 172 valence electrons. The van der Waals surface area contributed by atoms with Crippen LogP contribution in [0.3, 0.4) is 0 Å². The third kappa shape index (κ3) is 5.18. The number of carbonyl (C=O) groups excluding carboxylic acids is 1. The second-order valence-electron chi connectivity index (χ2n) is 6.94. The van der Waals surface area contributed by atoms with Gasteiger partial charge in [-0.05, 0) is 66.8 Å². The number of fused-ring (bicyclic) bond motifs is 1. The number of thiocarbonyl (C=S) groups is 1. The van der Waals surface area contributed by atoms with E-state index < -0.39 is 11.7 Å². The Balaban J connectivity index is 1.44. The summed E-state index contributed by atoms with van der Waals surface area (Å²) in [6, 6.07) is 15.6. The van der Waals surface area contributed by atoms with Gasteiger partial charge in [-0.3, -0.25) is 10.1 Å². The number of nitrogens with one attached hydrogen (secondary N) is 2. The SMILES string of the molecule is COc1cc2ncnc(Oc3ccc(NC(=S)NC(=O)c4ccc(F)cc4)cc3)c2cc1OC. The molecule has 0 aliphatic carbocycles. The molecular formula is C24H19FN4O4S. The van der Waals surface area contributed by atoms with Crippen LogP contribution in [0.15, 0.2) is 67.0 Å². The monoisotopic (exact) mass is 478 g/mol. The molecule has 0 aliphatic rings. The lowest BCUT2D eigenvalue weighted by Gasteiger charge is -2.12. The number of hydrogen-bond acceptors (Lipinski definition) is 7. The number of rotatable bonds is 6. The van der Waals surface area contributed by atoms with Gasteiger partial charge < -0.3 is 19.5 Å². The van der Waals surface area contributed by atoms with Crippen LogP contribution < -0.4 is 24.8 Å². The summed E-state index contributed by atoms with van der Waals surface area (Å²) in [5.41, 5.74) is 1.57. The summed E-state index contributed by atoms with van der Waals surface area (Å²) in [6.07, 6.45) is 1.40. The maximum atomic E-state index is 13.0. The number of aromatic nitrogens is 2. The molecule has 0 bridgehead atoms. The zero-order chi connectivity index (χ0) is 24.1. The van der Waals surface area contributed by atoms with Gasteiger partial charge in [0.15, 0.2) is 16.6 Å².